The number of carbonyl (C=O) groups is 3. The summed E-state index contributed by atoms with van der Waals surface area (Å²) in [4.78, 5) is 35.2. The number of hydrogen-bond donors (Lipinski definition) is 2. The molecule has 2 rings (SSSR count). The normalized spacial score (nSPS) is 10.1. The van der Waals surface area contributed by atoms with E-state index < -0.39 is 17.8 Å². The zero-order valence-corrected chi connectivity index (χ0v) is 14.3. The monoisotopic (exact) mass is 358 g/mol. The van der Waals surface area contributed by atoms with Gasteiger partial charge in [0.2, 0.25) is 0 Å². The summed E-state index contributed by atoms with van der Waals surface area (Å²) in [5.74, 6) is -2.48. The van der Waals surface area contributed by atoms with Gasteiger partial charge in [0.05, 0.1) is 12.2 Å². The average Bonchev–Trinajstić information content (AvgIpc) is 2.64. The zero-order chi connectivity index (χ0) is 18.9. The highest BCUT2D eigenvalue weighted by Gasteiger charge is 2.14. The highest BCUT2D eigenvalue weighted by atomic mass is 19.1. The lowest BCUT2D eigenvalue weighted by molar-refractivity contribution is -0.136. The van der Waals surface area contributed by atoms with E-state index in [2.05, 4.69) is 10.6 Å². The van der Waals surface area contributed by atoms with Crippen molar-refractivity contribution in [3.05, 3.63) is 65.5 Å². The molecule has 7 heteroatoms. The summed E-state index contributed by atoms with van der Waals surface area (Å²) in [7, 11) is 0. The molecule has 0 saturated carbocycles. The fourth-order valence-corrected chi connectivity index (χ4v) is 2.18. The molecule has 0 atom stereocenters. The Kier molecular flexibility index (Phi) is 6.84. The van der Waals surface area contributed by atoms with Crippen LogP contribution in [0.2, 0.25) is 0 Å². The Morgan fingerprint density at radius 3 is 2.35 bits per heavy atom. The molecule has 2 aromatic carbocycles. The first-order valence-corrected chi connectivity index (χ1v) is 8.11. The van der Waals surface area contributed by atoms with E-state index in [1.807, 2.05) is 0 Å². The van der Waals surface area contributed by atoms with Crippen molar-refractivity contribution in [2.24, 2.45) is 0 Å². The van der Waals surface area contributed by atoms with Gasteiger partial charge in [-0.25, -0.2) is 9.18 Å². The average molecular weight is 358 g/mol. The second kappa shape index (κ2) is 9.31. The third kappa shape index (κ3) is 5.41. The summed E-state index contributed by atoms with van der Waals surface area (Å²) < 4.78 is 18.3. The smallest absolute Gasteiger partial charge is 0.338 e. The highest BCUT2D eigenvalue weighted by Crippen LogP contribution is 2.10. The number of nitrogens with one attached hydrogen (secondary N) is 2. The van der Waals surface area contributed by atoms with Crippen LogP contribution in [0.4, 0.5) is 10.1 Å². The molecule has 0 aromatic heterocycles. The number of hydrogen-bond acceptors (Lipinski definition) is 4. The molecule has 0 fully saturated rings. The summed E-state index contributed by atoms with van der Waals surface area (Å²) in [6.07, 6.45) is 0.278. The Hall–Kier alpha value is -3.22. The van der Waals surface area contributed by atoms with Crippen LogP contribution in [0.25, 0.3) is 0 Å². The number of anilines is 1. The SMILES string of the molecule is CCOC(=O)c1ccc(NC(=O)C(=O)NCCc2ccccc2F)cc1. The third-order valence-electron chi connectivity index (χ3n) is 3.50. The Morgan fingerprint density at radius 2 is 1.69 bits per heavy atom. The zero-order valence-electron chi connectivity index (χ0n) is 14.3. The van der Waals surface area contributed by atoms with Crippen molar-refractivity contribution in [2.45, 2.75) is 13.3 Å². The van der Waals surface area contributed by atoms with Gasteiger partial charge in [-0.3, -0.25) is 9.59 Å². The van der Waals surface area contributed by atoms with Gasteiger partial charge in [-0.1, -0.05) is 18.2 Å². The predicted molar refractivity (Wildman–Crippen MR) is 94.1 cm³/mol. The molecular formula is C19H19FN2O4. The van der Waals surface area contributed by atoms with E-state index in [1.54, 1.807) is 25.1 Å². The first kappa shape index (κ1) is 19.1. The molecule has 2 amide bonds. The van der Waals surface area contributed by atoms with Crippen LogP contribution in [0.3, 0.4) is 0 Å². The van der Waals surface area contributed by atoms with Crippen molar-refractivity contribution in [2.75, 3.05) is 18.5 Å². The minimum atomic E-state index is -0.845. The van der Waals surface area contributed by atoms with Crippen LogP contribution < -0.4 is 10.6 Å². The summed E-state index contributed by atoms with van der Waals surface area (Å²) in [6, 6.07) is 12.2. The molecule has 0 bridgehead atoms. The molecule has 0 aliphatic rings. The maximum Gasteiger partial charge on any atom is 0.338 e. The lowest BCUT2D eigenvalue weighted by atomic mass is 10.1. The van der Waals surface area contributed by atoms with Gasteiger partial charge in [0.25, 0.3) is 0 Å². The number of ether oxygens (including phenoxy) is 1. The molecule has 0 aliphatic heterocycles. The number of rotatable bonds is 6. The molecular weight excluding hydrogens is 339 g/mol. The molecule has 26 heavy (non-hydrogen) atoms. The van der Waals surface area contributed by atoms with E-state index in [0.717, 1.165) is 0 Å². The first-order chi connectivity index (χ1) is 12.5. The quantitative estimate of drug-likeness (QED) is 0.613. The Balaban J connectivity index is 1.82. The van der Waals surface area contributed by atoms with Crippen LogP contribution in [0.15, 0.2) is 48.5 Å². The van der Waals surface area contributed by atoms with E-state index in [0.29, 0.717) is 16.8 Å². The molecule has 2 N–H and O–H groups in total. The number of halogens is 1. The van der Waals surface area contributed by atoms with Crippen LogP contribution in [-0.4, -0.2) is 30.9 Å². The molecule has 0 unspecified atom stereocenters. The van der Waals surface area contributed by atoms with Crippen LogP contribution in [0.5, 0.6) is 0 Å². The van der Waals surface area contributed by atoms with Gasteiger partial charge in [-0.2, -0.15) is 0 Å². The van der Waals surface area contributed by atoms with Crippen LogP contribution in [-0.2, 0) is 20.7 Å². The number of benzene rings is 2. The van der Waals surface area contributed by atoms with Crippen molar-refractivity contribution >= 4 is 23.5 Å². The fraction of sp³-hybridized carbons (Fsp3) is 0.211. The minimum Gasteiger partial charge on any atom is -0.462 e. The van der Waals surface area contributed by atoms with E-state index >= 15 is 0 Å². The Labute approximate surface area is 150 Å². The molecule has 0 radical (unpaired) electrons. The summed E-state index contributed by atoms with van der Waals surface area (Å²) in [5, 5.41) is 4.86. The molecule has 6 nitrogen and oxygen atoms in total. The largest absolute Gasteiger partial charge is 0.462 e. The van der Waals surface area contributed by atoms with Crippen LogP contribution in [0, 0.1) is 5.82 Å². The lowest BCUT2D eigenvalue weighted by Gasteiger charge is -2.08. The van der Waals surface area contributed by atoms with E-state index in [1.165, 1.54) is 30.3 Å². The maximum atomic E-state index is 13.5. The molecule has 0 aliphatic carbocycles. The Bertz CT molecular complexity index is 790. The summed E-state index contributed by atoms with van der Waals surface area (Å²) >= 11 is 0. The number of carbonyl (C=O) groups excluding carboxylic acids is 3. The van der Waals surface area contributed by atoms with E-state index in [-0.39, 0.29) is 25.4 Å². The van der Waals surface area contributed by atoms with Gasteiger partial charge in [0, 0.05) is 12.2 Å². The molecule has 0 saturated heterocycles. The predicted octanol–water partition coefficient (Wildman–Crippen LogP) is 2.30. The van der Waals surface area contributed by atoms with Gasteiger partial charge in [0.1, 0.15) is 5.82 Å². The number of esters is 1. The van der Waals surface area contributed by atoms with Crippen molar-refractivity contribution < 1.29 is 23.5 Å². The second-order valence-corrected chi connectivity index (χ2v) is 5.35. The minimum absolute atomic E-state index is 0.134. The van der Waals surface area contributed by atoms with Crippen molar-refractivity contribution in [3.63, 3.8) is 0 Å². The standard InChI is InChI=1S/C19H19FN2O4/c1-2-26-19(25)14-7-9-15(10-8-14)22-18(24)17(23)21-12-11-13-5-3-4-6-16(13)20/h3-10H,2,11-12H2,1H3,(H,21,23)(H,22,24). The summed E-state index contributed by atoms with van der Waals surface area (Å²) in [5.41, 5.74) is 1.18. The highest BCUT2D eigenvalue weighted by molar-refractivity contribution is 6.39. The first-order valence-electron chi connectivity index (χ1n) is 8.11. The number of amides is 2. The van der Waals surface area contributed by atoms with Crippen LogP contribution in [0.1, 0.15) is 22.8 Å². The van der Waals surface area contributed by atoms with Crippen molar-refractivity contribution in [1.82, 2.24) is 5.32 Å². The molecule has 136 valence electrons. The fourth-order valence-electron chi connectivity index (χ4n) is 2.18. The van der Waals surface area contributed by atoms with Gasteiger partial charge >= 0.3 is 17.8 Å². The maximum absolute atomic E-state index is 13.5. The molecule has 2 aromatic rings. The Morgan fingerprint density at radius 1 is 1.00 bits per heavy atom. The van der Waals surface area contributed by atoms with Gasteiger partial charge in [-0.15, -0.1) is 0 Å². The molecule has 0 spiro atoms. The van der Waals surface area contributed by atoms with E-state index in [9.17, 15) is 18.8 Å². The third-order valence-corrected chi connectivity index (χ3v) is 3.50. The van der Waals surface area contributed by atoms with Crippen LogP contribution >= 0.6 is 0 Å². The van der Waals surface area contributed by atoms with Gasteiger partial charge in [0.15, 0.2) is 0 Å². The topological polar surface area (TPSA) is 84.5 Å². The second-order valence-electron chi connectivity index (χ2n) is 5.35. The van der Waals surface area contributed by atoms with Gasteiger partial charge < -0.3 is 15.4 Å². The lowest BCUT2D eigenvalue weighted by Crippen LogP contribution is -2.36. The van der Waals surface area contributed by atoms with Gasteiger partial charge in [-0.05, 0) is 49.2 Å². The summed E-state index contributed by atoms with van der Waals surface area (Å²) in [6.45, 7) is 2.11. The van der Waals surface area contributed by atoms with E-state index in [4.69, 9.17) is 4.74 Å². The van der Waals surface area contributed by atoms with Crippen molar-refractivity contribution in [1.29, 1.82) is 0 Å². The van der Waals surface area contributed by atoms with Crippen molar-refractivity contribution in [3.8, 4) is 0 Å². The molecule has 0 heterocycles.